The van der Waals surface area contributed by atoms with Crippen LogP contribution in [0.3, 0.4) is 0 Å². The van der Waals surface area contributed by atoms with Crippen LogP contribution in [0, 0.1) is 0 Å². The number of likely N-dealkylation sites (tertiary alicyclic amines) is 1. The molecular weight excluding hydrogens is 404 g/mol. The number of aromatic nitrogens is 4. The van der Waals surface area contributed by atoms with Crippen LogP contribution >= 0.6 is 0 Å². The minimum absolute atomic E-state index is 0.00125. The molecule has 0 radical (unpaired) electrons. The van der Waals surface area contributed by atoms with E-state index in [0.717, 1.165) is 40.5 Å². The van der Waals surface area contributed by atoms with Crippen molar-refractivity contribution >= 4 is 33.7 Å². The second-order valence-electron chi connectivity index (χ2n) is 8.11. The third-order valence-corrected chi connectivity index (χ3v) is 6.17. The Balaban J connectivity index is 1.65. The van der Waals surface area contributed by atoms with Crippen molar-refractivity contribution in [3.05, 3.63) is 59.1 Å². The van der Waals surface area contributed by atoms with Gasteiger partial charge in [0.15, 0.2) is 0 Å². The van der Waals surface area contributed by atoms with Gasteiger partial charge in [-0.25, -0.2) is 9.97 Å². The molecule has 1 aliphatic rings. The van der Waals surface area contributed by atoms with Crippen LogP contribution in [0.5, 0.6) is 0 Å². The average Bonchev–Trinajstić information content (AvgIpc) is 2.83. The van der Waals surface area contributed by atoms with Gasteiger partial charge in [0.2, 0.25) is 5.91 Å². The van der Waals surface area contributed by atoms with Gasteiger partial charge in [-0.15, -0.1) is 0 Å². The van der Waals surface area contributed by atoms with Crippen LogP contribution in [0.4, 0.5) is 5.82 Å². The Bertz CT molecular complexity index is 1370. The Morgan fingerprint density at radius 1 is 1.06 bits per heavy atom. The predicted octanol–water partition coefficient (Wildman–Crippen LogP) is 3.16. The fraction of sp³-hybridized carbons (Fsp3) is 0.292. The topological polar surface area (TPSA) is 107 Å². The molecule has 0 atom stereocenters. The minimum atomic E-state index is -0.0633. The van der Waals surface area contributed by atoms with Crippen LogP contribution in [0.15, 0.2) is 53.6 Å². The summed E-state index contributed by atoms with van der Waals surface area (Å²) < 4.78 is 1.85. The van der Waals surface area contributed by atoms with Gasteiger partial charge >= 0.3 is 0 Å². The molecule has 162 valence electrons. The molecular formula is C24H24N6O2. The lowest BCUT2D eigenvalue weighted by Gasteiger charge is -2.33. The van der Waals surface area contributed by atoms with E-state index < -0.39 is 0 Å². The molecule has 0 spiro atoms. The molecule has 1 aliphatic heterocycles. The molecule has 0 aromatic carbocycles. The SMILES string of the molecule is CCC(=O)N1CCC(n2c(=O)ccc3cnc4ccc(-c5ccc(N)nc5)nc4c32)CC1. The molecule has 0 bridgehead atoms. The lowest BCUT2D eigenvalue weighted by atomic mass is 10.0. The highest BCUT2D eigenvalue weighted by molar-refractivity contribution is 6.01. The first-order valence-electron chi connectivity index (χ1n) is 10.9. The normalized spacial score (nSPS) is 14.8. The van der Waals surface area contributed by atoms with E-state index >= 15 is 0 Å². The van der Waals surface area contributed by atoms with Crippen LogP contribution in [0.1, 0.15) is 32.2 Å². The molecule has 32 heavy (non-hydrogen) atoms. The number of piperidine rings is 1. The lowest BCUT2D eigenvalue weighted by molar-refractivity contribution is -0.132. The Kier molecular flexibility index (Phi) is 5.05. The van der Waals surface area contributed by atoms with Crippen molar-refractivity contribution in [2.45, 2.75) is 32.2 Å². The summed E-state index contributed by atoms with van der Waals surface area (Å²) in [6, 6.07) is 10.8. The largest absolute Gasteiger partial charge is 0.384 e. The minimum Gasteiger partial charge on any atom is -0.384 e. The van der Waals surface area contributed by atoms with Gasteiger partial charge in [0.1, 0.15) is 11.3 Å². The van der Waals surface area contributed by atoms with E-state index in [0.29, 0.717) is 30.8 Å². The number of rotatable bonds is 3. The van der Waals surface area contributed by atoms with Crippen LogP contribution in [0.2, 0.25) is 0 Å². The first-order chi connectivity index (χ1) is 15.5. The van der Waals surface area contributed by atoms with E-state index in [1.54, 1.807) is 30.6 Å². The maximum absolute atomic E-state index is 13.1. The summed E-state index contributed by atoms with van der Waals surface area (Å²) in [6.07, 6.45) is 5.44. The van der Waals surface area contributed by atoms with E-state index in [1.165, 1.54) is 0 Å². The molecule has 4 aromatic rings. The average molecular weight is 428 g/mol. The summed E-state index contributed by atoms with van der Waals surface area (Å²) >= 11 is 0. The number of carbonyl (C=O) groups excluding carboxylic acids is 1. The second kappa shape index (κ2) is 8.03. The number of hydrogen-bond acceptors (Lipinski definition) is 6. The van der Waals surface area contributed by atoms with Gasteiger partial charge in [-0.05, 0) is 43.2 Å². The summed E-state index contributed by atoms with van der Waals surface area (Å²) in [7, 11) is 0. The van der Waals surface area contributed by atoms with Crippen LogP contribution in [-0.4, -0.2) is 43.4 Å². The molecule has 0 saturated carbocycles. The molecule has 1 saturated heterocycles. The summed E-state index contributed by atoms with van der Waals surface area (Å²) in [5.41, 5.74) is 9.43. The quantitative estimate of drug-likeness (QED) is 0.502. The molecule has 2 N–H and O–H groups in total. The van der Waals surface area contributed by atoms with Crippen LogP contribution in [-0.2, 0) is 4.79 Å². The van der Waals surface area contributed by atoms with Gasteiger partial charge in [0.25, 0.3) is 5.56 Å². The molecule has 5 rings (SSSR count). The molecule has 5 heterocycles. The number of fused-ring (bicyclic) bond motifs is 3. The van der Waals surface area contributed by atoms with Crippen molar-refractivity contribution in [2.75, 3.05) is 18.8 Å². The van der Waals surface area contributed by atoms with E-state index in [1.807, 2.05) is 34.6 Å². The fourth-order valence-corrected chi connectivity index (χ4v) is 4.47. The maximum atomic E-state index is 13.1. The summed E-state index contributed by atoms with van der Waals surface area (Å²) in [6.45, 7) is 3.18. The molecule has 0 aliphatic carbocycles. The molecule has 8 heteroatoms. The Labute approximate surface area is 184 Å². The second-order valence-corrected chi connectivity index (χ2v) is 8.11. The van der Waals surface area contributed by atoms with Crippen molar-refractivity contribution < 1.29 is 4.79 Å². The molecule has 1 fully saturated rings. The van der Waals surface area contributed by atoms with Gasteiger partial charge < -0.3 is 15.2 Å². The first-order valence-corrected chi connectivity index (χ1v) is 10.9. The first kappa shape index (κ1) is 20.1. The molecule has 4 aromatic heterocycles. The van der Waals surface area contributed by atoms with Gasteiger partial charge in [-0.1, -0.05) is 6.92 Å². The number of pyridine rings is 4. The zero-order valence-electron chi connectivity index (χ0n) is 17.9. The highest BCUT2D eigenvalue weighted by Gasteiger charge is 2.25. The van der Waals surface area contributed by atoms with Crippen LogP contribution < -0.4 is 11.3 Å². The van der Waals surface area contributed by atoms with Crippen molar-refractivity contribution in [1.82, 2.24) is 24.4 Å². The van der Waals surface area contributed by atoms with Crippen molar-refractivity contribution in [2.24, 2.45) is 0 Å². The van der Waals surface area contributed by atoms with Crippen molar-refractivity contribution in [3.8, 4) is 11.3 Å². The molecule has 1 amide bonds. The number of nitrogens with zero attached hydrogens (tertiary/aromatic N) is 5. The lowest BCUT2D eigenvalue weighted by Crippen LogP contribution is -2.40. The zero-order chi connectivity index (χ0) is 22.2. The Hall–Kier alpha value is -3.81. The number of nitrogen functional groups attached to an aromatic ring is 1. The van der Waals surface area contributed by atoms with E-state index in [-0.39, 0.29) is 17.5 Å². The zero-order valence-corrected chi connectivity index (χ0v) is 17.9. The number of nitrogens with two attached hydrogens (primary N) is 1. The standard InChI is InChI=1S/C24H24N6O2/c1-2-21(31)29-11-9-17(10-12-29)30-22(32)8-4-16-14-26-19-6-5-18(28-23(19)24(16)30)15-3-7-20(25)27-13-15/h3-8,13-14,17H,2,9-12H2,1H3,(H2,25,27). The van der Waals surface area contributed by atoms with E-state index in [2.05, 4.69) is 9.97 Å². The maximum Gasteiger partial charge on any atom is 0.251 e. The number of amides is 1. The van der Waals surface area contributed by atoms with Gasteiger partial charge in [-0.2, -0.15) is 0 Å². The Morgan fingerprint density at radius 2 is 1.88 bits per heavy atom. The van der Waals surface area contributed by atoms with Crippen molar-refractivity contribution in [1.29, 1.82) is 0 Å². The predicted molar refractivity (Wildman–Crippen MR) is 124 cm³/mol. The van der Waals surface area contributed by atoms with E-state index in [9.17, 15) is 9.59 Å². The third-order valence-electron chi connectivity index (χ3n) is 6.17. The molecule has 0 unspecified atom stereocenters. The molecule has 8 nitrogen and oxygen atoms in total. The summed E-state index contributed by atoms with van der Waals surface area (Å²) in [5, 5.41) is 0.865. The number of carbonyl (C=O) groups is 1. The van der Waals surface area contributed by atoms with E-state index in [4.69, 9.17) is 10.7 Å². The number of hydrogen-bond donors (Lipinski definition) is 1. The van der Waals surface area contributed by atoms with Gasteiger partial charge in [0, 0.05) is 55.0 Å². The monoisotopic (exact) mass is 428 g/mol. The smallest absolute Gasteiger partial charge is 0.251 e. The van der Waals surface area contributed by atoms with Crippen LogP contribution in [0.25, 0.3) is 33.2 Å². The highest BCUT2D eigenvalue weighted by Crippen LogP contribution is 2.30. The Morgan fingerprint density at radius 3 is 2.59 bits per heavy atom. The highest BCUT2D eigenvalue weighted by atomic mass is 16.2. The van der Waals surface area contributed by atoms with Gasteiger partial charge in [0.05, 0.1) is 16.7 Å². The summed E-state index contributed by atoms with van der Waals surface area (Å²) in [4.78, 5) is 40.6. The third kappa shape index (κ3) is 3.47. The fourth-order valence-electron chi connectivity index (χ4n) is 4.47. The van der Waals surface area contributed by atoms with Crippen molar-refractivity contribution in [3.63, 3.8) is 0 Å². The number of anilines is 1. The van der Waals surface area contributed by atoms with Gasteiger partial charge in [-0.3, -0.25) is 14.6 Å². The summed E-state index contributed by atoms with van der Waals surface area (Å²) in [5.74, 6) is 0.607.